The van der Waals surface area contributed by atoms with Gasteiger partial charge in [-0.1, -0.05) is 6.07 Å². The fourth-order valence-electron chi connectivity index (χ4n) is 3.14. The molecule has 0 saturated carbocycles. The Morgan fingerprint density at radius 3 is 2.87 bits per heavy atom. The van der Waals surface area contributed by atoms with Gasteiger partial charge in [0.1, 0.15) is 36.9 Å². The number of hydrogen-bond acceptors (Lipinski definition) is 5. The molecule has 9 heteroatoms. The molecule has 1 atom stereocenters. The molecule has 1 fully saturated rings. The lowest BCUT2D eigenvalue weighted by Gasteiger charge is -2.32. The van der Waals surface area contributed by atoms with Crippen LogP contribution in [0.25, 0.3) is 11.8 Å². The minimum absolute atomic E-state index is 0.120. The summed E-state index contributed by atoms with van der Waals surface area (Å²) in [5.41, 5.74) is 1.62. The van der Waals surface area contributed by atoms with Crippen LogP contribution in [0.15, 0.2) is 65.7 Å². The molecule has 1 aliphatic rings. The lowest BCUT2D eigenvalue weighted by atomic mass is 10.2. The number of morpholine rings is 1. The molecule has 31 heavy (non-hydrogen) atoms. The lowest BCUT2D eigenvalue weighted by molar-refractivity contribution is -0.134. The topological polar surface area (TPSA) is 69.5 Å². The zero-order valence-corrected chi connectivity index (χ0v) is 18.1. The number of carbonyl (C=O) groups is 1. The van der Waals surface area contributed by atoms with Crippen LogP contribution in [0.2, 0.25) is 0 Å². The van der Waals surface area contributed by atoms with Gasteiger partial charge in [-0.3, -0.25) is 4.79 Å². The van der Waals surface area contributed by atoms with Gasteiger partial charge in [-0.15, -0.1) is 0 Å². The summed E-state index contributed by atoms with van der Waals surface area (Å²) in [5, 5.41) is 4.09. The van der Waals surface area contributed by atoms with E-state index in [1.165, 1.54) is 18.5 Å². The molecule has 0 aliphatic carbocycles. The minimum Gasteiger partial charge on any atom is -0.491 e. The van der Waals surface area contributed by atoms with Crippen LogP contribution in [-0.4, -0.2) is 58.0 Å². The molecular formula is C22H20BrFN4O3. The summed E-state index contributed by atoms with van der Waals surface area (Å²) in [7, 11) is 0. The van der Waals surface area contributed by atoms with Crippen LogP contribution in [0.3, 0.4) is 0 Å². The number of amides is 1. The molecule has 160 valence electrons. The van der Waals surface area contributed by atoms with Crippen molar-refractivity contribution >= 4 is 27.9 Å². The highest BCUT2D eigenvalue weighted by Gasteiger charge is 2.23. The van der Waals surface area contributed by atoms with Crippen LogP contribution in [0.5, 0.6) is 5.75 Å². The van der Waals surface area contributed by atoms with Crippen molar-refractivity contribution < 1.29 is 18.7 Å². The van der Waals surface area contributed by atoms with Gasteiger partial charge in [0, 0.05) is 12.6 Å². The van der Waals surface area contributed by atoms with E-state index in [-0.39, 0.29) is 17.8 Å². The summed E-state index contributed by atoms with van der Waals surface area (Å²) in [4.78, 5) is 18.2. The number of hydrogen-bond donors (Lipinski definition) is 0. The van der Waals surface area contributed by atoms with Crippen molar-refractivity contribution in [2.45, 2.75) is 6.10 Å². The van der Waals surface area contributed by atoms with E-state index in [0.29, 0.717) is 36.5 Å². The van der Waals surface area contributed by atoms with E-state index in [9.17, 15) is 9.18 Å². The fourth-order valence-corrected chi connectivity index (χ4v) is 3.53. The smallest absolute Gasteiger partial charge is 0.246 e. The molecule has 7 nitrogen and oxygen atoms in total. The number of carbonyl (C=O) groups excluding carboxylic acids is 1. The zero-order valence-electron chi connectivity index (χ0n) is 16.5. The first-order valence-corrected chi connectivity index (χ1v) is 10.5. The third-order valence-corrected chi connectivity index (χ3v) is 5.38. The van der Waals surface area contributed by atoms with E-state index in [2.05, 4.69) is 26.0 Å². The second-order valence-corrected chi connectivity index (χ2v) is 7.78. The molecule has 0 radical (unpaired) electrons. The Bertz CT molecular complexity index is 1060. The van der Waals surface area contributed by atoms with Crippen LogP contribution >= 0.6 is 15.9 Å². The van der Waals surface area contributed by atoms with Crippen LogP contribution in [-0.2, 0) is 9.53 Å². The molecule has 0 spiro atoms. The van der Waals surface area contributed by atoms with Crippen molar-refractivity contribution in [2.75, 3.05) is 26.3 Å². The largest absolute Gasteiger partial charge is 0.491 e. The molecule has 2 aromatic carbocycles. The third-order valence-electron chi connectivity index (χ3n) is 4.77. The molecule has 1 amide bonds. The zero-order chi connectivity index (χ0) is 21.6. The van der Waals surface area contributed by atoms with E-state index < -0.39 is 0 Å². The molecule has 4 rings (SSSR count). The van der Waals surface area contributed by atoms with Gasteiger partial charge >= 0.3 is 0 Å². The SMILES string of the molecule is O=C(C=Cc1ccc(F)c(Br)c1)N1CCOC(COc2ccc(-n3cncn3)cc2)C1. The Morgan fingerprint density at radius 1 is 1.29 bits per heavy atom. The number of rotatable bonds is 6. The quantitative estimate of drug-likeness (QED) is 0.498. The number of nitrogens with zero attached hydrogens (tertiary/aromatic N) is 4. The van der Waals surface area contributed by atoms with Gasteiger partial charge in [-0.25, -0.2) is 14.1 Å². The monoisotopic (exact) mass is 486 g/mol. The highest BCUT2D eigenvalue weighted by Crippen LogP contribution is 2.18. The first-order chi connectivity index (χ1) is 15.1. The van der Waals surface area contributed by atoms with Gasteiger partial charge in [0.2, 0.25) is 5.91 Å². The van der Waals surface area contributed by atoms with Gasteiger partial charge in [0.25, 0.3) is 0 Å². The predicted octanol–water partition coefficient (Wildman–Crippen LogP) is 3.49. The summed E-state index contributed by atoms with van der Waals surface area (Å²) in [6.07, 6.45) is 6.04. The maximum atomic E-state index is 13.3. The van der Waals surface area contributed by atoms with Crippen LogP contribution in [0.1, 0.15) is 5.56 Å². The highest BCUT2D eigenvalue weighted by molar-refractivity contribution is 9.10. The Labute approximate surface area is 187 Å². The molecule has 3 aromatic rings. The summed E-state index contributed by atoms with van der Waals surface area (Å²) in [6.45, 7) is 1.73. The summed E-state index contributed by atoms with van der Waals surface area (Å²) in [6, 6.07) is 12.1. The maximum Gasteiger partial charge on any atom is 0.246 e. The van der Waals surface area contributed by atoms with E-state index in [1.807, 2.05) is 24.3 Å². The molecule has 2 heterocycles. The van der Waals surface area contributed by atoms with Crippen LogP contribution in [0, 0.1) is 5.82 Å². The summed E-state index contributed by atoms with van der Waals surface area (Å²) >= 11 is 3.15. The maximum absolute atomic E-state index is 13.3. The van der Waals surface area contributed by atoms with Crippen molar-refractivity contribution in [1.82, 2.24) is 19.7 Å². The second-order valence-electron chi connectivity index (χ2n) is 6.93. The second kappa shape index (κ2) is 9.84. The fraction of sp³-hybridized carbons (Fsp3) is 0.227. The number of ether oxygens (including phenoxy) is 2. The standard InChI is InChI=1S/C22H20BrFN4O3/c23-20-11-16(1-7-21(20)24)2-8-22(29)27-9-10-30-19(12-27)13-31-18-5-3-17(4-6-18)28-15-25-14-26-28/h1-8,11,14-15,19H,9-10,12-13H2. The number of halogens is 2. The van der Waals surface area contributed by atoms with Crippen molar-refractivity contribution in [3.63, 3.8) is 0 Å². The number of aromatic nitrogens is 3. The average molecular weight is 487 g/mol. The highest BCUT2D eigenvalue weighted by atomic mass is 79.9. The molecular weight excluding hydrogens is 467 g/mol. The van der Waals surface area contributed by atoms with Gasteiger partial charge in [0.05, 0.1) is 23.3 Å². The Kier molecular flexibility index (Phi) is 6.73. The Hall–Kier alpha value is -3.04. The van der Waals surface area contributed by atoms with Crippen molar-refractivity contribution in [2.24, 2.45) is 0 Å². The van der Waals surface area contributed by atoms with E-state index in [0.717, 1.165) is 11.3 Å². The van der Waals surface area contributed by atoms with E-state index in [4.69, 9.17) is 9.47 Å². The van der Waals surface area contributed by atoms with Crippen LogP contribution < -0.4 is 4.74 Å². The number of benzene rings is 2. The minimum atomic E-state index is -0.340. The molecule has 0 bridgehead atoms. The Morgan fingerprint density at radius 2 is 2.13 bits per heavy atom. The average Bonchev–Trinajstić information content (AvgIpc) is 3.34. The van der Waals surface area contributed by atoms with Crippen molar-refractivity contribution in [3.05, 3.63) is 77.0 Å². The Balaban J connectivity index is 1.29. The van der Waals surface area contributed by atoms with E-state index >= 15 is 0 Å². The van der Waals surface area contributed by atoms with Gasteiger partial charge in [-0.05, 0) is 64.0 Å². The molecule has 0 N–H and O–H groups in total. The molecule has 1 aliphatic heterocycles. The lowest BCUT2D eigenvalue weighted by Crippen LogP contribution is -2.47. The summed E-state index contributed by atoms with van der Waals surface area (Å²) in [5.74, 6) is 0.246. The van der Waals surface area contributed by atoms with Gasteiger partial charge < -0.3 is 14.4 Å². The predicted molar refractivity (Wildman–Crippen MR) is 116 cm³/mol. The summed E-state index contributed by atoms with van der Waals surface area (Å²) < 4.78 is 26.9. The van der Waals surface area contributed by atoms with Gasteiger partial charge in [0.15, 0.2) is 0 Å². The molecule has 1 aromatic heterocycles. The normalized spacial score (nSPS) is 16.6. The first-order valence-electron chi connectivity index (χ1n) is 9.70. The van der Waals surface area contributed by atoms with Crippen molar-refractivity contribution in [1.29, 1.82) is 0 Å². The van der Waals surface area contributed by atoms with Crippen molar-refractivity contribution in [3.8, 4) is 11.4 Å². The molecule has 1 unspecified atom stereocenters. The van der Waals surface area contributed by atoms with Crippen LogP contribution in [0.4, 0.5) is 4.39 Å². The third kappa shape index (κ3) is 5.56. The van der Waals surface area contributed by atoms with E-state index in [1.54, 1.807) is 34.1 Å². The first kappa shape index (κ1) is 21.2. The van der Waals surface area contributed by atoms with Gasteiger partial charge in [-0.2, -0.15) is 5.10 Å². The molecule has 1 saturated heterocycles.